The molecule has 2 saturated heterocycles. The highest BCUT2D eigenvalue weighted by Crippen LogP contribution is 2.34. The molecule has 1 aromatic carbocycles. The van der Waals surface area contributed by atoms with Gasteiger partial charge in [-0.25, -0.2) is 8.42 Å². The monoisotopic (exact) mass is 365 g/mol. The van der Waals surface area contributed by atoms with Crippen molar-refractivity contribution in [2.45, 2.75) is 68.6 Å². The number of likely N-dealkylation sites (tertiary alicyclic amines) is 1. The van der Waals surface area contributed by atoms with Crippen LogP contribution in [0.5, 0.6) is 0 Å². The minimum atomic E-state index is -3.36. The number of nitrogens with zero attached hydrogens (tertiary/aromatic N) is 2. The van der Waals surface area contributed by atoms with E-state index in [0.717, 1.165) is 31.6 Å². The van der Waals surface area contributed by atoms with E-state index in [9.17, 15) is 8.42 Å². The van der Waals surface area contributed by atoms with Gasteiger partial charge in [0.2, 0.25) is 10.0 Å². The van der Waals surface area contributed by atoms with E-state index in [1.165, 1.54) is 25.7 Å². The van der Waals surface area contributed by atoms with Gasteiger partial charge in [0.25, 0.3) is 0 Å². The largest absolute Gasteiger partial charge is 0.310 e. The zero-order valence-corrected chi connectivity index (χ0v) is 15.8. The highest BCUT2D eigenvalue weighted by Gasteiger charge is 2.47. The Kier molecular flexibility index (Phi) is 4.88. The van der Waals surface area contributed by atoms with E-state index < -0.39 is 10.0 Å². The second-order valence-corrected chi connectivity index (χ2v) is 9.60. The first kappa shape index (κ1) is 17.5. The van der Waals surface area contributed by atoms with Gasteiger partial charge in [-0.2, -0.15) is 4.31 Å². The normalized spacial score (nSPS) is 28.2. The predicted molar refractivity (Wildman–Crippen MR) is 101 cm³/mol. The van der Waals surface area contributed by atoms with Crippen molar-refractivity contribution < 1.29 is 9.84 Å². The molecular formula is C19H31N3O2S. The molecule has 0 aromatic heterocycles. The second kappa shape index (κ2) is 6.99. The maximum atomic E-state index is 13.0. The van der Waals surface area contributed by atoms with Crippen molar-refractivity contribution in [1.29, 1.82) is 0 Å². The molecule has 25 heavy (non-hydrogen) atoms. The van der Waals surface area contributed by atoms with Gasteiger partial charge in [0.05, 0.1) is 4.90 Å². The van der Waals surface area contributed by atoms with Gasteiger partial charge >= 0.3 is 0 Å². The molecule has 3 fully saturated rings. The molecular weight excluding hydrogens is 334 g/mol. The Labute approximate surface area is 152 Å². The smallest absolute Gasteiger partial charge is 0.243 e. The number of sulfonamides is 1. The Hall–Kier alpha value is -0.950. The summed E-state index contributed by atoms with van der Waals surface area (Å²) in [4.78, 5) is 2.83. The molecule has 5 nitrogen and oxygen atoms in total. The molecule has 2 bridgehead atoms. The highest BCUT2D eigenvalue weighted by atomic mass is 32.2. The third kappa shape index (κ3) is 3.37. The van der Waals surface area contributed by atoms with Crippen LogP contribution in [0, 0.1) is 0 Å². The fraction of sp³-hybridized carbons (Fsp3) is 0.684. The highest BCUT2D eigenvalue weighted by molar-refractivity contribution is 7.89. The van der Waals surface area contributed by atoms with Crippen molar-refractivity contribution in [2.75, 3.05) is 19.6 Å². The quantitative estimate of drug-likeness (QED) is 0.841. The third-order valence-corrected chi connectivity index (χ3v) is 8.12. The molecule has 0 amide bonds. The van der Waals surface area contributed by atoms with Crippen molar-refractivity contribution in [3.8, 4) is 0 Å². The van der Waals surface area contributed by atoms with Crippen molar-refractivity contribution in [1.82, 2.24) is 14.5 Å². The summed E-state index contributed by atoms with van der Waals surface area (Å²) in [7, 11) is -3.36. The number of hydrogen-bond acceptors (Lipinski definition) is 4. The van der Waals surface area contributed by atoms with Crippen LogP contribution in [0.1, 0.15) is 46.0 Å². The maximum absolute atomic E-state index is 13.0. The van der Waals surface area contributed by atoms with Gasteiger partial charge in [-0.15, -0.1) is 0 Å². The van der Waals surface area contributed by atoms with Gasteiger partial charge in [0.15, 0.2) is 0 Å². The Morgan fingerprint density at radius 2 is 1.84 bits per heavy atom. The maximum Gasteiger partial charge on any atom is 0.243 e. The summed E-state index contributed by atoms with van der Waals surface area (Å²) in [5.74, 6) is 0. The Morgan fingerprint density at radius 3 is 2.44 bits per heavy atom. The number of fused-ring (bicyclic) bond motifs is 2. The van der Waals surface area contributed by atoms with Crippen LogP contribution >= 0.6 is 0 Å². The first-order chi connectivity index (χ1) is 12.1. The van der Waals surface area contributed by atoms with Crippen molar-refractivity contribution in [3.63, 3.8) is 0 Å². The average molecular weight is 366 g/mol. The van der Waals surface area contributed by atoms with Crippen LogP contribution in [-0.2, 0) is 16.6 Å². The molecule has 0 radical (unpaired) electrons. The van der Waals surface area contributed by atoms with Crippen LogP contribution in [0.25, 0.3) is 0 Å². The van der Waals surface area contributed by atoms with Crippen LogP contribution in [0.2, 0.25) is 0 Å². The first-order valence-corrected chi connectivity index (χ1v) is 11.1. The fourth-order valence-electron chi connectivity index (χ4n) is 4.70. The summed E-state index contributed by atoms with van der Waals surface area (Å²) in [5.41, 5.74) is 1.16. The van der Waals surface area contributed by atoms with Crippen molar-refractivity contribution in [3.05, 3.63) is 29.8 Å². The van der Waals surface area contributed by atoms with Crippen LogP contribution in [0.15, 0.2) is 29.2 Å². The molecule has 6 heteroatoms. The zero-order chi connectivity index (χ0) is 17.4. The Morgan fingerprint density at radius 1 is 1.12 bits per heavy atom. The van der Waals surface area contributed by atoms with Gasteiger partial charge in [0.1, 0.15) is 0 Å². The number of hydrogen-bond donors (Lipinski definition) is 1. The molecule has 4 rings (SSSR count). The van der Waals surface area contributed by atoms with E-state index >= 15 is 0 Å². The van der Waals surface area contributed by atoms with E-state index in [4.69, 9.17) is 0 Å². The summed E-state index contributed by atoms with van der Waals surface area (Å²) in [6.07, 6.45) is 6.15. The molecule has 2 aliphatic heterocycles. The molecule has 2 unspecified atom stereocenters. The first-order valence-electron chi connectivity index (χ1n) is 9.66. The standard InChI is InChI=1S/C19H29N3O2S.H2/c1-2-21-13-18-11-17(21)14-22(18)25(23,24)19-9-7-15(8-10-19)12-20-16-5-3-4-6-16;/h7-10,16-18,20H,2-6,11-14H2,1H3;1H. The SMILES string of the molecule is CCN1CC2CC1CN2S(=O)(=O)c1ccc(CNC2CCCC2)cc1.[HH]. The topological polar surface area (TPSA) is 52.7 Å². The molecule has 1 aliphatic carbocycles. The number of nitrogens with one attached hydrogen (secondary N) is 1. The van der Waals surface area contributed by atoms with Gasteiger partial charge in [-0.05, 0) is 43.5 Å². The lowest BCUT2D eigenvalue weighted by Crippen LogP contribution is -2.48. The van der Waals surface area contributed by atoms with E-state index in [0.29, 0.717) is 23.5 Å². The molecule has 2 heterocycles. The lowest BCUT2D eigenvalue weighted by atomic mass is 10.2. The summed E-state index contributed by atoms with van der Waals surface area (Å²) in [6, 6.07) is 8.67. The number of likely N-dealkylation sites (N-methyl/N-ethyl adjacent to an activating group) is 1. The molecule has 1 aromatic rings. The van der Waals surface area contributed by atoms with E-state index in [2.05, 4.69) is 17.1 Å². The van der Waals surface area contributed by atoms with E-state index in [1.54, 1.807) is 16.4 Å². The Bertz CT molecular complexity index is 704. The van der Waals surface area contributed by atoms with Crippen LogP contribution < -0.4 is 5.32 Å². The van der Waals surface area contributed by atoms with E-state index in [1.807, 2.05) is 12.1 Å². The molecule has 2 atom stereocenters. The third-order valence-electron chi connectivity index (χ3n) is 6.19. The number of rotatable bonds is 6. The zero-order valence-electron chi connectivity index (χ0n) is 15.0. The average Bonchev–Trinajstić information content (AvgIpc) is 3.36. The Balaban J connectivity index is 0.00000196. The summed E-state index contributed by atoms with van der Waals surface area (Å²) in [6.45, 7) is 5.51. The van der Waals surface area contributed by atoms with Gasteiger partial charge in [-0.1, -0.05) is 31.9 Å². The second-order valence-electron chi connectivity index (χ2n) is 7.71. The minimum absolute atomic E-state index is 0. The molecule has 1 saturated carbocycles. The van der Waals surface area contributed by atoms with Crippen molar-refractivity contribution in [2.24, 2.45) is 0 Å². The molecule has 1 N–H and O–H groups in total. The number of benzene rings is 1. The van der Waals surface area contributed by atoms with Gasteiger partial charge in [0, 0.05) is 39.2 Å². The molecule has 0 spiro atoms. The van der Waals surface area contributed by atoms with E-state index in [-0.39, 0.29) is 7.47 Å². The fourth-order valence-corrected chi connectivity index (χ4v) is 6.37. The van der Waals surface area contributed by atoms with Crippen LogP contribution in [0.4, 0.5) is 0 Å². The van der Waals surface area contributed by atoms with Crippen LogP contribution in [0.3, 0.4) is 0 Å². The molecule has 140 valence electrons. The number of piperazine rings is 1. The van der Waals surface area contributed by atoms with Crippen LogP contribution in [-0.4, -0.2) is 55.4 Å². The summed E-state index contributed by atoms with van der Waals surface area (Å²) in [5, 5.41) is 3.58. The summed E-state index contributed by atoms with van der Waals surface area (Å²) < 4.78 is 27.7. The summed E-state index contributed by atoms with van der Waals surface area (Å²) >= 11 is 0. The lowest BCUT2D eigenvalue weighted by Gasteiger charge is -2.32. The lowest BCUT2D eigenvalue weighted by molar-refractivity contribution is 0.190. The van der Waals surface area contributed by atoms with Gasteiger partial charge < -0.3 is 5.32 Å². The minimum Gasteiger partial charge on any atom is -0.310 e. The molecule has 3 aliphatic rings. The van der Waals surface area contributed by atoms with Crippen molar-refractivity contribution >= 4 is 10.0 Å². The predicted octanol–water partition coefficient (Wildman–Crippen LogP) is 2.43. The van der Waals surface area contributed by atoms with Gasteiger partial charge in [-0.3, -0.25) is 4.90 Å².